The van der Waals surface area contributed by atoms with Crippen LogP contribution in [0.4, 0.5) is 15.9 Å². The summed E-state index contributed by atoms with van der Waals surface area (Å²) in [6.07, 6.45) is 3.98. The minimum Gasteiger partial charge on any atom is -0.366 e. The maximum Gasteiger partial charge on any atom is 0.257 e. The zero-order chi connectivity index (χ0) is 20.4. The van der Waals surface area contributed by atoms with E-state index in [0.29, 0.717) is 43.0 Å². The number of anilines is 2. The highest BCUT2D eigenvalue weighted by atomic mass is 19.1. The van der Waals surface area contributed by atoms with E-state index < -0.39 is 5.82 Å². The molecule has 3 heterocycles. The van der Waals surface area contributed by atoms with E-state index in [1.807, 2.05) is 15.9 Å². The number of nitrogens with zero attached hydrogens (tertiary/aromatic N) is 4. The maximum atomic E-state index is 14.5. The molecule has 0 saturated carbocycles. The maximum absolute atomic E-state index is 14.5. The van der Waals surface area contributed by atoms with E-state index in [-0.39, 0.29) is 11.7 Å². The van der Waals surface area contributed by atoms with E-state index in [4.69, 9.17) is 0 Å². The fourth-order valence-corrected chi connectivity index (χ4v) is 4.05. The number of piperazine rings is 1. The Morgan fingerprint density at radius 3 is 2.34 bits per heavy atom. The average Bonchev–Trinajstić information content (AvgIpc) is 3.28. The van der Waals surface area contributed by atoms with Crippen LogP contribution in [0, 0.1) is 5.82 Å². The Morgan fingerprint density at radius 2 is 1.69 bits per heavy atom. The summed E-state index contributed by atoms with van der Waals surface area (Å²) < 4.78 is 14.5. The molecular formula is C22H25FN4O2. The van der Waals surface area contributed by atoms with E-state index in [0.717, 1.165) is 31.7 Å². The van der Waals surface area contributed by atoms with Crippen LogP contribution < -0.4 is 9.80 Å². The summed E-state index contributed by atoms with van der Waals surface area (Å²) in [6.45, 7) is 5.40. The van der Waals surface area contributed by atoms with Crippen LogP contribution in [-0.2, 0) is 0 Å². The smallest absolute Gasteiger partial charge is 0.257 e. The number of aromatic nitrogens is 1. The van der Waals surface area contributed by atoms with Crippen molar-refractivity contribution >= 4 is 23.2 Å². The van der Waals surface area contributed by atoms with Gasteiger partial charge in [-0.15, -0.1) is 0 Å². The molecule has 0 radical (unpaired) electrons. The Labute approximate surface area is 169 Å². The van der Waals surface area contributed by atoms with Crippen LogP contribution in [0.5, 0.6) is 0 Å². The van der Waals surface area contributed by atoms with Gasteiger partial charge in [-0.25, -0.2) is 9.37 Å². The van der Waals surface area contributed by atoms with Crippen molar-refractivity contribution in [1.82, 2.24) is 9.88 Å². The molecule has 0 bridgehead atoms. The average molecular weight is 396 g/mol. The number of hydrogen-bond donors (Lipinski definition) is 0. The van der Waals surface area contributed by atoms with Crippen molar-refractivity contribution in [3.8, 4) is 0 Å². The van der Waals surface area contributed by atoms with Gasteiger partial charge < -0.3 is 14.7 Å². The lowest BCUT2D eigenvalue weighted by molar-refractivity contribution is 0.0746. The summed E-state index contributed by atoms with van der Waals surface area (Å²) in [4.78, 5) is 34.9. The zero-order valence-corrected chi connectivity index (χ0v) is 16.6. The molecule has 7 heteroatoms. The minimum absolute atomic E-state index is 0.0213. The van der Waals surface area contributed by atoms with Gasteiger partial charge in [-0.3, -0.25) is 9.59 Å². The van der Waals surface area contributed by atoms with Gasteiger partial charge in [0, 0.05) is 51.0 Å². The van der Waals surface area contributed by atoms with Gasteiger partial charge in [0.05, 0.1) is 11.3 Å². The first-order chi connectivity index (χ1) is 14.0. The molecule has 1 amide bonds. The van der Waals surface area contributed by atoms with Gasteiger partial charge in [0.2, 0.25) is 0 Å². The molecule has 1 aromatic carbocycles. The van der Waals surface area contributed by atoms with Crippen LogP contribution in [0.1, 0.15) is 40.5 Å². The molecule has 0 atom stereocenters. The number of benzene rings is 1. The van der Waals surface area contributed by atoms with Gasteiger partial charge in [-0.1, -0.05) is 0 Å². The third kappa shape index (κ3) is 3.95. The molecule has 2 saturated heterocycles. The van der Waals surface area contributed by atoms with Crippen LogP contribution in [0.15, 0.2) is 36.5 Å². The van der Waals surface area contributed by atoms with Crippen LogP contribution >= 0.6 is 0 Å². The van der Waals surface area contributed by atoms with Gasteiger partial charge in [0.1, 0.15) is 11.6 Å². The second-order valence-electron chi connectivity index (χ2n) is 7.57. The Bertz CT molecular complexity index is 919. The molecular weight excluding hydrogens is 371 g/mol. The monoisotopic (exact) mass is 396 g/mol. The highest BCUT2D eigenvalue weighted by Gasteiger charge is 2.27. The van der Waals surface area contributed by atoms with Gasteiger partial charge >= 0.3 is 0 Å². The molecule has 29 heavy (non-hydrogen) atoms. The SMILES string of the molecule is CC(=O)c1ccc(N2CCN(C(=O)c3cccnc3N3CCCC3)CC2)c(F)c1. The number of halogens is 1. The van der Waals surface area contributed by atoms with E-state index in [1.165, 1.54) is 13.0 Å². The van der Waals surface area contributed by atoms with Gasteiger partial charge in [0.15, 0.2) is 5.78 Å². The zero-order valence-electron chi connectivity index (χ0n) is 16.6. The summed E-state index contributed by atoms with van der Waals surface area (Å²) >= 11 is 0. The quantitative estimate of drug-likeness (QED) is 0.744. The standard InChI is InChI=1S/C22H25FN4O2/c1-16(28)17-6-7-20(19(23)15-17)25-11-13-27(14-12-25)22(29)18-5-4-8-24-21(18)26-9-2-3-10-26/h4-8,15H,2-3,9-14H2,1H3. The van der Waals surface area contributed by atoms with Crippen molar-refractivity contribution in [3.05, 3.63) is 53.5 Å². The number of pyridine rings is 1. The number of amides is 1. The lowest BCUT2D eigenvalue weighted by Crippen LogP contribution is -2.49. The highest BCUT2D eigenvalue weighted by molar-refractivity contribution is 5.99. The van der Waals surface area contributed by atoms with Crippen LogP contribution in [0.2, 0.25) is 0 Å². The van der Waals surface area contributed by atoms with Crippen LogP contribution in [0.3, 0.4) is 0 Å². The topological polar surface area (TPSA) is 56.8 Å². The fraction of sp³-hybridized carbons (Fsp3) is 0.409. The number of carbonyl (C=O) groups excluding carboxylic acids is 2. The predicted molar refractivity (Wildman–Crippen MR) is 110 cm³/mol. The third-order valence-electron chi connectivity index (χ3n) is 5.68. The van der Waals surface area contributed by atoms with E-state index in [9.17, 15) is 14.0 Å². The van der Waals surface area contributed by atoms with E-state index >= 15 is 0 Å². The summed E-state index contributed by atoms with van der Waals surface area (Å²) in [5, 5.41) is 0. The Morgan fingerprint density at radius 1 is 0.966 bits per heavy atom. The first kappa shape index (κ1) is 19.4. The van der Waals surface area contributed by atoms with Crippen molar-refractivity contribution in [2.75, 3.05) is 49.1 Å². The number of rotatable bonds is 4. The van der Waals surface area contributed by atoms with Crippen molar-refractivity contribution < 1.29 is 14.0 Å². The summed E-state index contributed by atoms with van der Waals surface area (Å²) in [7, 11) is 0. The largest absolute Gasteiger partial charge is 0.366 e. The van der Waals surface area contributed by atoms with Crippen molar-refractivity contribution in [2.24, 2.45) is 0 Å². The number of carbonyl (C=O) groups is 2. The molecule has 2 fully saturated rings. The Kier molecular flexibility index (Phi) is 5.47. The molecule has 2 aromatic rings. The predicted octanol–water partition coefficient (Wildman–Crippen LogP) is 2.99. The second kappa shape index (κ2) is 8.19. The first-order valence-electron chi connectivity index (χ1n) is 10.1. The molecule has 6 nitrogen and oxygen atoms in total. The summed E-state index contributed by atoms with van der Waals surface area (Å²) in [6, 6.07) is 8.23. The molecule has 0 unspecified atom stereocenters. The summed E-state index contributed by atoms with van der Waals surface area (Å²) in [5.74, 6) is 0.188. The number of hydrogen-bond acceptors (Lipinski definition) is 5. The third-order valence-corrected chi connectivity index (χ3v) is 5.68. The van der Waals surface area contributed by atoms with Crippen molar-refractivity contribution in [2.45, 2.75) is 19.8 Å². The molecule has 2 aliphatic rings. The highest BCUT2D eigenvalue weighted by Crippen LogP contribution is 2.25. The van der Waals surface area contributed by atoms with Gasteiger partial charge in [-0.2, -0.15) is 0 Å². The van der Waals surface area contributed by atoms with E-state index in [1.54, 1.807) is 24.4 Å². The molecule has 0 aliphatic carbocycles. The molecule has 4 rings (SSSR count). The van der Waals surface area contributed by atoms with Crippen LogP contribution in [-0.4, -0.2) is 60.8 Å². The Balaban J connectivity index is 1.45. The number of Topliss-reactive ketones (excluding diaryl/α,β-unsaturated/α-hetero) is 1. The lowest BCUT2D eigenvalue weighted by Gasteiger charge is -2.36. The van der Waals surface area contributed by atoms with Crippen molar-refractivity contribution in [1.29, 1.82) is 0 Å². The van der Waals surface area contributed by atoms with Gasteiger partial charge in [0.25, 0.3) is 5.91 Å². The molecule has 152 valence electrons. The first-order valence-corrected chi connectivity index (χ1v) is 10.1. The van der Waals surface area contributed by atoms with E-state index in [2.05, 4.69) is 9.88 Å². The molecule has 1 aromatic heterocycles. The van der Waals surface area contributed by atoms with Crippen molar-refractivity contribution in [3.63, 3.8) is 0 Å². The summed E-state index contributed by atoms with van der Waals surface area (Å²) in [5.41, 5.74) is 1.48. The second-order valence-corrected chi connectivity index (χ2v) is 7.57. The number of ketones is 1. The molecule has 0 N–H and O–H groups in total. The fourth-order valence-electron chi connectivity index (χ4n) is 4.05. The lowest BCUT2D eigenvalue weighted by atomic mass is 10.1. The van der Waals surface area contributed by atoms with Gasteiger partial charge in [-0.05, 0) is 50.1 Å². The Hall–Kier alpha value is -2.96. The molecule has 0 spiro atoms. The van der Waals surface area contributed by atoms with Crippen LogP contribution in [0.25, 0.3) is 0 Å². The normalized spacial score (nSPS) is 17.0. The minimum atomic E-state index is -0.402. The molecule has 2 aliphatic heterocycles.